The second-order valence-corrected chi connectivity index (χ2v) is 12.7. The van der Waals surface area contributed by atoms with E-state index in [1.54, 1.807) is 0 Å². The Hall–Kier alpha value is -6.19. The SMILES string of the molecule is c1ccc(-c2nc3ccccc3n2-c2ccc3c(c2)-c2ccccc2C32c3ccccc3-c3c2ccc2c3oc3ccccc32)cc1. The van der Waals surface area contributed by atoms with E-state index in [0.717, 1.165) is 50.0 Å². The predicted molar refractivity (Wildman–Crippen MR) is 190 cm³/mol. The number of aromatic nitrogens is 2. The van der Waals surface area contributed by atoms with Crippen LogP contribution in [-0.2, 0) is 5.41 Å². The summed E-state index contributed by atoms with van der Waals surface area (Å²) in [5.41, 5.74) is 15.9. The molecule has 0 N–H and O–H groups in total. The van der Waals surface area contributed by atoms with Gasteiger partial charge in [-0.05, 0) is 69.3 Å². The van der Waals surface area contributed by atoms with Crippen molar-refractivity contribution in [3.63, 3.8) is 0 Å². The molecule has 9 aromatic rings. The van der Waals surface area contributed by atoms with Gasteiger partial charge in [0.1, 0.15) is 17.0 Å². The fourth-order valence-corrected chi connectivity index (χ4v) is 8.60. The smallest absolute Gasteiger partial charge is 0.145 e. The van der Waals surface area contributed by atoms with E-state index in [2.05, 4.69) is 156 Å². The topological polar surface area (TPSA) is 31.0 Å². The van der Waals surface area contributed by atoms with Crippen molar-refractivity contribution in [1.82, 2.24) is 9.55 Å². The van der Waals surface area contributed by atoms with Gasteiger partial charge in [-0.25, -0.2) is 4.98 Å². The van der Waals surface area contributed by atoms with Gasteiger partial charge in [-0.15, -0.1) is 0 Å². The molecule has 0 radical (unpaired) electrons. The van der Waals surface area contributed by atoms with Gasteiger partial charge in [-0.3, -0.25) is 4.57 Å². The molecule has 2 aliphatic carbocycles. The van der Waals surface area contributed by atoms with Crippen LogP contribution in [0.5, 0.6) is 0 Å². The first-order valence-corrected chi connectivity index (χ1v) is 16.1. The highest BCUT2D eigenvalue weighted by atomic mass is 16.3. The molecule has 1 atom stereocenters. The van der Waals surface area contributed by atoms with Crippen molar-refractivity contribution in [1.29, 1.82) is 0 Å². The average Bonchev–Trinajstić information content (AvgIpc) is 3.87. The maximum absolute atomic E-state index is 6.68. The first kappa shape index (κ1) is 25.1. The van der Waals surface area contributed by atoms with E-state index >= 15 is 0 Å². The van der Waals surface area contributed by atoms with Crippen molar-refractivity contribution < 1.29 is 4.42 Å². The maximum atomic E-state index is 6.68. The van der Waals surface area contributed by atoms with Crippen LogP contribution in [-0.4, -0.2) is 9.55 Å². The highest BCUT2D eigenvalue weighted by Gasteiger charge is 2.52. The molecular weight excluding hydrogens is 572 g/mol. The molecule has 0 fully saturated rings. The fourth-order valence-electron chi connectivity index (χ4n) is 8.60. The molecule has 2 heterocycles. The third-order valence-electron chi connectivity index (χ3n) is 10.4. The number of furan rings is 1. The van der Waals surface area contributed by atoms with E-state index in [4.69, 9.17) is 9.40 Å². The number of nitrogens with zero attached hydrogens (tertiary/aromatic N) is 2. The van der Waals surface area contributed by atoms with Crippen molar-refractivity contribution in [2.75, 3.05) is 0 Å². The van der Waals surface area contributed by atoms with Crippen molar-refractivity contribution in [3.05, 3.63) is 180 Å². The summed E-state index contributed by atoms with van der Waals surface area (Å²) in [5, 5.41) is 2.32. The Morgan fingerprint density at radius 1 is 0.511 bits per heavy atom. The highest BCUT2D eigenvalue weighted by Crippen LogP contribution is 2.64. The van der Waals surface area contributed by atoms with Crippen LogP contribution in [0.25, 0.3) is 72.3 Å². The molecule has 1 unspecified atom stereocenters. The molecule has 218 valence electrons. The zero-order valence-corrected chi connectivity index (χ0v) is 25.3. The Kier molecular flexibility index (Phi) is 4.78. The Morgan fingerprint density at radius 3 is 2.09 bits per heavy atom. The summed E-state index contributed by atoms with van der Waals surface area (Å²) in [4.78, 5) is 5.13. The van der Waals surface area contributed by atoms with E-state index in [1.807, 2.05) is 6.07 Å². The molecule has 1 spiro atoms. The quantitative estimate of drug-likeness (QED) is 0.198. The normalized spacial score (nSPS) is 15.7. The van der Waals surface area contributed by atoms with Crippen LogP contribution in [0.15, 0.2) is 162 Å². The Morgan fingerprint density at radius 2 is 1.19 bits per heavy atom. The molecule has 11 rings (SSSR count). The summed E-state index contributed by atoms with van der Waals surface area (Å²) in [5.74, 6) is 0.941. The number of rotatable bonds is 2. The molecule has 7 aromatic carbocycles. The highest BCUT2D eigenvalue weighted by molar-refractivity contribution is 6.13. The van der Waals surface area contributed by atoms with Gasteiger partial charge in [0.25, 0.3) is 0 Å². The van der Waals surface area contributed by atoms with Crippen molar-refractivity contribution >= 4 is 33.0 Å². The van der Waals surface area contributed by atoms with Gasteiger partial charge < -0.3 is 4.42 Å². The molecule has 2 aliphatic rings. The first-order valence-electron chi connectivity index (χ1n) is 16.1. The van der Waals surface area contributed by atoms with Crippen molar-refractivity contribution in [3.8, 4) is 39.3 Å². The van der Waals surface area contributed by atoms with Gasteiger partial charge in [-0.2, -0.15) is 0 Å². The van der Waals surface area contributed by atoms with E-state index in [-0.39, 0.29) is 0 Å². The predicted octanol–water partition coefficient (Wildman–Crippen LogP) is 10.9. The molecule has 0 amide bonds. The molecule has 47 heavy (non-hydrogen) atoms. The average molecular weight is 599 g/mol. The van der Waals surface area contributed by atoms with Gasteiger partial charge in [-0.1, -0.05) is 127 Å². The molecule has 0 bridgehead atoms. The number of fused-ring (bicyclic) bond motifs is 15. The second-order valence-electron chi connectivity index (χ2n) is 12.7. The minimum atomic E-state index is -0.456. The standard InChI is InChI=1S/C44H26N2O/c1-2-12-27(13-3-1)43-45-38-19-9-10-20-39(38)46(43)28-22-24-36-33(26-28)29-14-4-7-17-34(29)44(36)35-18-8-5-16-32(35)41-37(44)25-23-31-30-15-6-11-21-40(30)47-42(31)41/h1-26H. The van der Waals surface area contributed by atoms with Gasteiger partial charge in [0.15, 0.2) is 0 Å². The molecular formula is C44H26N2O. The summed E-state index contributed by atoms with van der Waals surface area (Å²) < 4.78 is 9.00. The third kappa shape index (κ3) is 3.09. The lowest BCUT2D eigenvalue weighted by Gasteiger charge is -2.30. The van der Waals surface area contributed by atoms with E-state index < -0.39 is 5.41 Å². The monoisotopic (exact) mass is 598 g/mol. The lowest BCUT2D eigenvalue weighted by Crippen LogP contribution is -2.25. The zero-order valence-electron chi connectivity index (χ0n) is 25.3. The van der Waals surface area contributed by atoms with Crippen LogP contribution < -0.4 is 0 Å². The third-order valence-corrected chi connectivity index (χ3v) is 10.4. The molecule has 3 nitrogen and oxygen atoms in total. The van der Waals surface area contributed by atoms with Crippen LogP contribution >= 0.6 is 0 Å². The molecule has 0 aliphatic heterocycles. The summed E-state index contributed by atoms with van der Waals surface area (Å²) >= 11 is 0. The Labute approximate surface area is 271 Å². The zero-order chi connectivity index (χ0) is 30.7. The lowest BCUT2D eigenvalue weighted by molar-refractivity contribution is 0.669. The lowest BCUT2D eigenvalue weighted by atomic mass is 9.70. The van der Waals surface area contributed by atoms with Gasteiger partial charge in [0.05, 0.1) is 16.4 Å². The van der Waals surface area contributed by atoms with E-state index in [0.29, 0.717) is 0 Å². The fraction of sp³-hybridized carbons (Fsp3) is 0.0227. The molecule has 2 aromatic heterocycles. The largest absolute Gasteiger partial charge is 0.455 e. The number of imidazole rings is 1. The van der Waals surface area contributed by atoms with Gasteiger partial charge >= 0.3 is 0 Å². The minimum Gasteiger partial charge on any atom is -0.455 e. The summed E-state index contributed by atoms with van der Waals surface area (Å²) in [6, 6.07) is 56.8. The summed E-state index contributed by atoms with van der Waals surface area (Å²) in [7, 11) is 0. The maximum Gasteiger partial charge on any atom is 0.145 e. The second kappa shape index (κ2) is 8.96. The van der Waals surface area contributed by atoms with Crippen LogP contribution in [0.3, 0.4) is 0 Å². The number of para-hydroxylation sites is 3. The first-order chi connectivity index (χ1) is 23.3. The number of hydrogen-bond acceptors (Lipinski definition) is 2. The van der Waals surface area contributed by atoms with Crippen molar-refractivity contribution in [2.45, 2.75) is 5.41 Å². The van der Waals surface area contributed by atoms with Crippen LogP contribution in [0, 0.1) is 0 Å². The van der Waals surface area contributed by atoms with Crippen LogP contribution in [0.4, 0.5) is 0 Å². The molecule has 0 saturated heterocycles. The van der Waals surface area contributed by atoms with Gasteiger partial charge in [0.2, 0.25) is 0 Å². The van der Waals surface area contributed by atoms with Crippen LogP contribution in [0.1, 0.15) is 22.3 Å². The minimum absolute atomic E-state index is 0.456. The Balaban J connectivity index is 1.23. The van der Waals surface area contributed by atoms with E-state index in [9.17, 15) is 0 Å². The van der Waals surface area contributed by atoms with E-state index in [1.165, 1.54) is 44.5 Å². The van der Waals surface area contributed by atoms with Gasteiger partial charge in [0, 0.05) is 27.6 Å². The molecule has 3 heteroatoms. The summed E-state index contributed by atoms with van der Waals surface area (Å²) in [6.45, 7) is 0. The molecule has 0 saturated carbocycles. The van der Waals surface area contributed by atoms with Crippen molar-refractivity contribution in [2.24, 2.45) is 0 Å². The van der Waals surface area contributed by atoms with Crippen LogP contribution in [0.2, 0.25) is 0 Å². The number of benzene rings is 7. The number of hydrogen-bond donors (Lipinski definition) is 0. The Bertz CT molecular complexity index is 2750. The summed E-state index contributed by atoms with van der Waals surface area (Å²) in [6.07, 6.45) is 0.